The number of nitro benzene ring substituents is 1. The zero-order valence-corrected chi connectivity index (χ0v) is 12.5. The fraction of sp³-hybridized carbons (Fsp3) is 0.600. The van der Waals surface area contributed by atoms with E-state index in [1.54, 1.807) is 6.07 Å². The predicted octanol–water partition coefficient (Wildman–Crippen LogP) is 2.34. The Bertz CT molecular complexity index is 512. The van der Waals surface area contributed by atoms with Crippen LogP contribution in [0.5, 0.6) is 5.75 Å². The fourth-order valence-electron chi connectivity index (χ4n) is 3.04. The summed E-state index contributed by atoms with van der Waals surface area (Å²) in [7, 11) is 3.34. The van der Waals surface area contributed by atoms with Crippen molar-refractivity contribution in [3.8, 4) is 5.75 Å². The normalized spacial score (nSPS) is 17.1. The molecule has 1 aromatic rings. The van der Waals surface area contributed by atoms with E-state index < -0.39 is 10.5 Å². The van der Waals surface area contributed by atoms with Crippen molar-refractivity contribution < 1.29 is 14.8 Å². The zero-order chi connectivity index (χ0) is 15.5. The Morgan fingerprint density at radius 1 is 1.43 bits per heavy atom. The molecule has 0 radical (unpaired) electrons. The van der Waals surface area contributed by atoms with Crippen LogP contribution >= 0.6 is 0 Å². The number of nitrogens with zero attached hydrogens (tertiary/aromatic N) is 2. The topological polar surface area (TPSA) is 75.8 Å². The Balaban J connectivity index is 2.05. The molecule has 0 spiro atoms. The van der Waals surface area contributed by atoms with E-state index in [0.29, 0.717) is 13.1 Å². The van der Waals surface area contributed by atoms with E-state index >= 15 is 0 Å². The van der Waals surface area contributed by atoms with Gasteiger partial charge in [-0.3, -0.25) is 15.0 Å². The summed E-state index contributed by atoms with van der Waals surface area (Å²) in [6, 6.07) is 4.97. The average molecular weight is 294 g/mol. The lowest BCUT2D eigenvalue weighted by molar-refractivity contribution is -0.385. The number of hydrogen-bond donors (Lipinski definition) is 1. The maximum atomic E-state index is 11.0. The van der Waals surface area contributed by atoms with Gasteiger partial charge in [-0.1, -0.05) is 18.9 Å². The van der Waals surface area contributed by atoms with E-state index in [2.05, 4.69) is 0 Å². The van der Waals surface area contributed by atoms with Gasteiger partial charge < -0.3 is 9.84 Å². The zero-order valence-electron chi connectivity index (χ0n) is 12.5. The van der Waals surface area contributed by atoms with Gasteiger partial charge in [0.05, 0.1) is 17.6 Å². The second-order valence-corrected chi connectivity index (χ2v) is 5.87. The minimum atomic E-state index is -0.604. The van der Waals surface area contributed by atoms with Crippen LogP contribution in [-0.2, 0) is 6.54 Å². The molecular formula is C15H22N2O4. The van der Waals surface area contributed by atoms with E-state index in [1.165, 1.54) is 13.2 Å². The Morgan fingerprint density at radius 2 is 2.10 bits per heavy atom. The molecule has 0 bridgehead atoms. The summed E-state index contributed by atoms with van der Waals surface area (Å²) < 4.78 is 4.99. The Labute approximate surface area is 124 Å². The summed E-state index contributed by atoms with van der Waals surface area (Å²) in [5.41, 5.74) is 0.210. The molecule has 21 heavy (non-hydrogen) atoms. The van der Waals surface area contributed by atoms with Crippen molar-refractivity contribution in [3.05, 3.63) is 33.9 Å². The molecule has 0 amide bonds. The lowest BCUT2D eigenvalue weighted by Crippen LogP contribution is -2.38. The van der Waals surface area contributed by atoms with E-state index in [-0.39, 0.29) is 11.4 Å². The van der Waals surface area contributed by atoms with Crippen molar-refractivity contribution >= 4 is 5.69 Å². The number of nitro groups is 1. The van der Waals surface area contributed by atoms with Crippen LogP contribution in [0.4, 0.5) is 5.69 Å². The fourth-order valence-corrected chi connectivity index (χ4v) is 3.04. The second kappa shape index (κ2) is 6.41. The molecule has 116 valence electrons. The summed E-state index contributed by atoms with van der Waals surface area (Å²) in [5, 5.41) is 21.4. The van der Waals surface area contributed by atoms with Crippen molar-refractivity contribution in [2.24, 2.45) is 0 Å². The van der Waals surface area contributed by atoms with E-state index in [9.17, 15) is 15.2 Å². The summed E-state index contributed by atoms with van der Waals surface area (Å²) in [5.74, 6) is 0.265. The van der Waals surface area contributed by atoms with Crippen molar-refractivity contribution in [3.63, 3.8) is 0 Å². The van der Waals surface area contributed by atoms with Crippen LogP contribution in [0.1, 0.15) is 31.2 Å². The third-order valence-electron chi connectivity index (χ3n) is 3.99. The van der Waals surface area contributed by atoms with Crippen LogP contribution in [0.3, 0.4) is 0 Å². The highest BCUT2D eigenvalue weighted by Crippen LogP contribution is 2.31. The van der Waals surface area contributed by atoms with Crippen molar-refractivity contribution in [1.29, 1.82) is 0 Å². The molecule has 1 fully saturated rings. The molecule has 1 N–H and O–H groups in total. The van der Waals surface area contributed by atoms with Gasteiger partial charge in [0, 0.05) is 19.2 Å². The maximum absolute atomic E-state index is 11.0. The predicted molar refractivity (Wildman–Crippen MR) is 79.4 cm³/mol. The monoisotopic (exact) mass is 294 g/mol. The third-order valence-corrected chi connectivity index (χ3v) is 3.99. The molecule has 0 saturated heterocycles. The molecule has 1 aromatic carbocycles. The molecule has 0 aromatic heterocycles. The summed E-state index contributed by atoms with van der Waals surface area (Å²) in [6.45, 7) is 1.15. The van der Waals surface area contributed by atoms with E-state index in [4.69, 9.17) is 4.74 Å². The molecule has 6 heteroatoms. The highest BCUT2D eigenvalue weighted by atomic mass is 16.6. The van der Waals surface area contributed by atoms with Crippen LogP contribution in [0.2, 0.25) is 0 Å². The second-order valence-electron chi connectivity index (χ2n) is 5.87. The lowest BCUT2D eigenvalue weighted by Gasteiger charge is -2.28. The maximum Gasteiger partial charge on any atom is 0.311 e. The first-order chi connectivity index (χ1) is 9.93. The van der Waals surface area contributed by atoms with E-state index in [1.807, 2.05) is 18.0 Å². The van der Waals surface area contributed by atoms with Gasteiger partial charge >= 0.3 is 5.69 Å². The molecule has 6 nitrogen and oxygen atoms in total. The third kappa shape index (κ3) is 3.92. The lowest BCUT2D eigenvalue weighted by atomic mass is 10.0. The smallest absolute Gasteiger partial charge is 0.311 e. The van der Waals surface area contributed by atoms with Gasteiger partial charge in [0.2, 0.25) is 0 Å². The first-order valence-corrected chi connectivity index (χ1v) is 7.16. The first kappa shape index (κ1) is 15.7. The number of benzene rings is 1. The Hall–Kier alpha value is -1.66. The van der Waals surface area contributed by atoms with Crippen LogP contribution in [0.25, 0.3) is 0 Å². The average Bonchev–Trinajstić information content (AvgIpc) is 2.84. The number of methoxy groups -OCH3 is 1. The van der Waals surface area contributed by atoms with Crippen molar-refractivity contribution in [2.75, 3.05) is 20.7 Å². The highest BCUT2D eigenvalue weighted by molar-refractivity contribution is 5.48. The van der Waals surface area contributed by atoms with Gasteiger partial charge in [-0.2, -0.15) is 0 Å². The number of aliphatic hydroxyl groups is 1. The standard InChI is InChI=1S/C15H22N2O4/c1-16(11-15(18)7-3-4-8-15)10-12-5-6-14(21-2)13(9-12)17(19)20/h5-6,9,18H,3-4,7-8,10-11H2,1-2H3. The van der Waals surface area contributed by atoms with Crippen LogP contribution in [0.15, 0.2) is 18.2 Å². The Kier molecular flexibility index (Phi) is 4.80. The van der Waals surface area contributed by atoms with Gasteiger partial charge in [0.1, 0.15) is 0 Å². The number of rotatable bonds is 6. The quantitative estimate of drug-likeness (QED) is 0.644. The van der Waals surface area contributed by atoms with Gasteiger partial charge in [-0.05, 0) is 31.5 Å². The Morgan fingerprint density at radius 3 is 2.67 bits per heavy atom. The summed E-state index contributed by atoms with van der Waals surface area (Å²) in [4.78, 5) is 12.6. The minimum absolute atomic E-state index is 0.0250. The van der Waals surface area contributed by atoms with Gasteiger partial charge in [0.15, 0.2) is 5.75 Å². The molecule has 1 aliphatic carbocycles. The van der Waals surface area contributed by atoms with Crippen LogP contribution in [-0.4, -0.2) is 41.2 Å². The molecule has 0 atom stereocenters. The first-order valence-electron chi connectivity index (χ1n) is 7.16. The molecule has 1 aliphatic rings. The molecular weight excluding hydrogens is 272 g/mol. The van der Waals surface area contributed by atoms with Gasteiger partial charge in [0.25, 0.3) is 0 Å². The summed E-state index contributed by atoms with van der Waals surface area (Å²) >= 11 is 0. The highest BCUT2D eigenvalue weighted by Gasteiger charge is 2.32. The van der Waals surface area contributed by atoms with E-state index in [0.717, 1.165) is 31.2 Å². The van der Waals surface area contributed by atoms with Crippen LogP contribution in [0, 0.1) is 10.1 Å². The molecule has 0 unspecified atom stereocenters. The summed E-state index contributed by atoms with van der Waals surface area (Å²) in [6.07, 6.45) is 3.80. The van der Waals surface area contributed by atoms with Gasteiger partial charge in [-0.15, -0.1) is 0 Å². The molecule has 2 rings (SSSR count). The molecule has 1 saturated carbocycles. The number of ether oxygens (including phenoxy) is 1. The largest absolute Gasteiger partial charge is 0.490 e. The van der Waals surface area contributed by atoms with Crippen molar-refractivity contribution in [1.82, 2.24) is 4.90 Å². The molecule has 0 aliphatic heterocycles. The SMILES string of the molecule is COc1ccc(CN(C)CC2(O)CCCC2)cc1[N+](=O)[O-]. The van der Waals surface area contributed by atoms with Gasteiger partial charge in [-0.25, -0.2) is 0 Å². The number of likely N-dealkylation sites (N-methyl/N-ethyl adjacent to an activating group) is 1. The number of hydrogen-bond acceptors (Lipinski definition) is 5. The molecule has 0 heterocycles. The van der Waals surface area contributed by atoms with Crippen molar-refractivity contribution in [2.45, 2.75) is 37.8 Å². The van der Waals surface area contributed by atoms with Crippen LogP contribution < -0.4 is 4.74 Å². The minimum Gasteiger partial charge on any atom is -0.490 e.